The number of hydrogen-bond acceptors (Lipinski definition) is 9. The molecule has 1 saturated carbocycles. The zero-order chi connectivity index (χ0) is 35.6. The molecule has 2 amide bonds. The van der Waals surface area contributed by atoms with Gasteiger partial charge in [0.25, 0.3) is 5.91 Å². The summed E-state index contributed by atoms with van der Waals surface area (Å²) in [6.45, 7) is 5.35. The SMILES string of the molecule is CC(C)(C)OC(=O)N(CCc1ccc(-c2ccc(C(=O)NS(=O)(=O)CCCO)c(OC3CCCCC3)c2)cc1)C[C@H](O)c1ccc(Cl)nc1. The lowest BCUT2D eigenvalue weighted by Crippen LogP contribution is -2.40. The number of carbonyl (C=O) groups excluding carboxylic acids is 2. The van der Waals surface area contributed by atoms with Crippen molar-refractivity contribution >= 4 is 33.6 Å². The van der Waals surface area contributed by atoms with Crippen LogP contribution in [0, 0.1) is 0 Å². The van der Waals surface area contributed by atoms with E-state index in [2.05, 4.69) is 9.71 Å². The van der Waals surface area contributed by atoms with E-state index in [1.807, 2.05) is 24.3 Å². The monoisotopic (exact) mass is 715 g/mol. The van der Waals surface area contributed by atoms with E-state index in [-0.39, 0.29) is 43.5 Å². The van der Waals surface area contributed by atoms with Crippen LogP contribution in [0.5, 0.6) is 5.75 Å². The Hall–Kier alpha value is -3.71. The molecule has 1 atom stereocenters. The fourth-order valence-electron chi connectivity index (χ4n) is 5.46. The van der Waals surface area contributed by atoms with Crippen LogP contribution < -0.4 is 9.46 Å². The first-order valence-corrected chi connectivity index (χ1v) is 18.6. The lowest BCUT2D eigenvalue weighted by Gasteiger charge is -2.29. The molecular formula is C36H46ClN3O8S. The fraction of sp³-hybridized carbons (Fsp3) is 0.472. The number of amides is 2. The van der Waals surface area contributed by atoms with Crippen LogP contribution in [0.4, 0.5) is 4.79 Å². The lowest BCUT2D eigenvalue weighted by atomic mass is 9.97. The van der Waals surface area contributed by atoms with E-state index in [4.69, 9.17) is 26.2 Å². The first-order chi connectivity index (χ1) is 23.2. The summed E-state index contributed by atoms with van der Waals surface area (Å²) >= 11 is 5.89. The molecule has 1 heterocycles. The van der Waals surface area contributed by atoms with E-state index in [1.165, 1.54) is 11.1 Å². The van der Waals surface area contributed by atoms with Crippen molar-refractivity contribution in [3.63, 3.8) is 0 Å². The third kappa shape index (κ3) is 12.0. The molecule has 3 aromatic rings. The first-order valence-electron chi connectivity index (χ1n) is 16.6. The van der Waals surface area contributed by atoms with E-state index < -0.39 is 33.7 Å². The lowest BCUT2D eigenvalue weighted by molar-refractivity contribution is 0.0146. The van der Waals surface area contributed by atoms with Crippen LogP contribution in [-0.2, 0) is 21.2 Å². The van der Waals surface area contributed by atoms with E-state index in [0.29, 0.717) is 22.9 Å². The molecule has 0 saturated heterocycles. The fourth-order valence-corrected chi connectivity index (χ4v) is 6.58. The van der Waals surface area contributed by atoms with Crippen LogP contribution >= 0.6 is 11.6 Å². The van der Waals surface area contributed by atoms with Gasteiger partial charge in [0.15, 0.2) is 0 Å². The molecule has 0 spiro atoms. The molecule has 0 unspecified atom stereocenters. The van der Waals surface area contributed by atoms with Crippen molar-refractivity contribution in [2.75, 3.05) is 25.4 Å². The van der Waals surface area contributed by atoms with Gasteiger partial charge in [-0.25, -0.2) is 22.9 Å². The number of ether oxygens (including phenoxy) is 2. The number of nitrogens with zero attached hydrogens (tertiary/aromatic N) is 2. The molecule has 0 aliphatic heterocycles. The molecule has 2 aromatic carbocycles. The quantitative estimate of drug-likeness (QED) is 0.169. The number of hydrogen-bond donors (Lipinski definition) is 3. The second-order valence-electron chi connectivity index (χ2n) is 13.2. The van der Waals surface area contributed by atoms with Crippen LogP contribution in [-0.4, -0.2) is 77.7 Å². The highest BCUT2D eigenvalue weighted by Crippen LogP contribution is 2.31. The summed E-state index contributed by atoms with van der Waals surface area (Å²) in [7, 11) is -3.93. The summed E-state index contributed by atoms with van der Waals surface area (Å²) in [5, 5.41) is 20.2. The second-order valence-corrected chi connectivity index (χ2v) is 15.4. The van der Waals surface area contributed by atoms with Crippen molar-refractivity contribution in [3.8, 4) is 16.9 Å². The molecule has 266 valence electrons. The number of benzene rings is 2. The average Bonchev–Trinajstić information content (AvgIpc) is 3.05. The predicted molar refractivity (Wildman–Crippen MR) is 188 cm³/mol. The van der Waals surface area contributed by atoms with Crippen molar-refractivity contribution in [1.29, 1.82) is 0 Å². The number of aliphatic hydroxyl groups excluding tert-OH is 2. The Morgan fingerprint density at radius 3 is 2.37 bits per heavy atom. The molecule has 1 aliphatic carbocycles. The molecule has 0 radical (unpaired) electrons. The number of nitrogens with one attached hydrogen (secondary N) is 1. The van der Waals surface area contributed by atoms with Gasteiger partial charge in [-0.3, -0.25) is 4.79 Å². The van der Waals surface area contributed by atoms with Crippen molar-refractivity contribution in [2.24, 2.45) is 0 Å². The van der Waals surface area contributed by atoms with Gasteiger partial charge < -0.3 is 24.6 Å². The Bertz CT molecular complexity index is 1650. The number of halogens is 1. The zero-order valence-corrected chi connectivity index (χ0v) is 29.8. The summed E-state index contributed by atoms with van der Waals surface area (Å²) in [5.41, 5.74) is 2.52. The smallest absolute Gasteiger partial charge is 0.410 e. The molecular weight excluding hydrogens is 670 g/mol. The van der Waals surface area contributed by atoms with Crippen molar-refractivity contribution in [2.45, 2.75) is 83.5 Å². The summed E-state index contributed by atoms with van der Waals surface area (Å²) in [5.74, 6) is -0.836. The molecule has 3 N–H and O–H groups in total. The van der Waals surface area contributed by atoms with Gasteiger partial charge >= 0.3 is 6.09 Å². The highest BCUT2D eigenvalue weighted by atomic mass is 35.5. The van der Waals surface area contributed by atoms with E-state index >= 15 is 0 Å². The second kappa shape index (κ2) is 17.3. The Kier molecular flexibility index (Phi) is 13.4. The molecule has 1 aromatic heterocycles. The third-order valence-corrected chi connectivity index (χ3v) is 9.58. The minimum Gasteiger partial charge on any atom is -0.490 e. The highest BCUT2D eigenvalue weighted by Gasteiger charge is 2.26. The van der Waals surface area contributed by atoms with Gasteiger partial charge in [0, 0.05) is 24.9 Å². The minimum absolute atomic E-state index is 0.00272. The maximum absolute atomic E-state index is 13.1. The maximum atomic E-state index is 13.1. The van der Waals surface area contributed by atoms with Crippen molar-refractivity contribution in [1.82, 2.24) is 14.6 Å². The molecule has 13 heteroatoms. The first kappa shape index (κ1) is 38.1. The minimum atomic E-state index is -3.93. The summed E-state index contributed by atoms with van der Waals surface area (Å²) < 4.78 is 38.8. The van der Waals surface area contributed by atoms with Gasteiger partial charge in [-0.05, 0) is 94.2 Å². The zero-order valence-electron chi connectivity index (χ0n) is 28.2. The van der Waals surface area contributed by atoms with Crippen LogP contribution in [0.1, 0.15) is 86.9 Å². The Balaban J connectivity index is 1.50. The number of aliphatic hydroxyl groups is 2. The Morgan fingerprint density at radius 2 is 1.73 bits per heavy atom. The molecule has 11 nitrogen and oxygen atoms in total. The van der Waals surface area contributed by atoms with Gasteiger partial charge in [0.1, 0.15) is 16.5 Å². The van der Waals surface area contributed by atoms with Crippen LogP contribution in [0.2, 0.25) is 5.15 Å². The normalized spacial score (nSPS) is 14.6. The van der Waals surface area contributed by atoms with Crippen molar-refractivity contribution in [3.05, 3.63) is 82.6 Å². The van der Waals surface area contributed by atoms with Gasteiger partial charge in [-0.2, -0.15) is 0 Å². The number of sulfonamides is 1. The molecule has 1 aliphatic rings. The van der Waals surface area contributed by atoms with E-state index in [0.717, 1.165) is 48.8 Å². The van der Waals surface area contributed by atoms with E-state index in [1.54, 1.807) is 51.1 Å². The standard InChI is InChI=1S/C36H46ClN3O8S/c1-36(2,3)48-35(44)40(24-31(42)28-15-17-33(37)38-23-28)19-18-25-10-12-26(13-11-25)27-14-16-30(34(43)39-49(45,46)21-7-20-41)32(22-27)47-29-8-5-4-6-9-29/h10-17,22-23,29,31,41-42H,4-9,18-21,24H2,1-3H3,(H,39,43)/t31-/m0/s1. The predicted octanol–water partition coefficient (Wildman–Crippen LogP) is 6.07. The molecule has 4 rings (SSSR count). The van der Waals surface area contributed by atoms with Gasteiger partial charge in [0.05, 0.1) is 30.1 Å². The van der Waals surface area contributed by atoms with Gasteiger partial charge in [0.2, 0.25) is 10.0 Å². The molecule has 49 heavy (non-hydrogen) atoms. The van der Waals surface area contributed by atoms with Crippen LogP contribution in [0.25, 0.3) is 11.1 Å². The van der Waals surface area contributed by atoms with Crippen LogP contribution in [0.15, 0.2) is 60.8 Å². The summed E-state index contributed by atoms with van der Waals surface area (Å²) in [6, 6.07) is 16.1. The van der Waals surface area contributed by atoms with Gasteiger partial charge in [-0.15, -0.1) is 0 Å². The summed E-state index contributed by atoms with van der Waals surface area (Å²) in [4.78, 5) is 31.7. The number of rotatable bonds is 14. The summed E-state index contributed by atoms with van der Waals surface area (Å²) in [6.07, 6.45) is 5.24. The maximum Gasteiger partial charge on any atom is 0.410 e. The average molecular weight is 716 g/mol. The van der Waals surface area contributed by atoms with E-state index in [9.17, 15) is 23.1 Å². The number of aromatic nitrogens is 1. The Labute approximate surface area is 293 Å². The topological polar surface area (TPSA) is 155 Å². The molecule has 0 bridgehead atoms. The third-order valence-electron chi connectivity index (χ3n) is 8.03. The van der Waals surface area contributed by atoms with Crippen molar-refractivity contribution < 1.29 is 37.7 Å². The van der Waals surface area contributed by atoms with Crippen LogP contribution in [0.3, 0.4) is 0 Å². The number of carbonyl (C=O) groups is 2. The van der Waals surface area contributed by atoms with Gasteiger partial charge in [-0.1, -0.05) is 54.4 Å². The Morgan fingerprint density at radius 1 is 1.04 bits per heavy atom. The number of pyridine rings is 1. The highest BCUT2D eigenvalue weighted by molar-refractivity contribution is 7.90. The largest absolute Gasteiger partial charge is 0.490 e. The molecule has 1 fully saturated rings.